The van der Waals surface area contributed by atoms with Gasteiger partial charge in [0, 0.05) is 11.9 Å². The van der Waals surface area contributed by atoms with E-state index in [2.05, 4.69) is 16.0 Å². The molecule has 0 N–H and O–H groups in total. The zero-order valence-corrected chi connectivity index (χ0v) is 10.0. The maximum Gasteiger partial charge on any atom is 0.0889 e. The Kier molecular flexibility index (Phi) is 2.77. The lowest BCUT2D eigenvalue weighted by molar-refractivity contribution is 0.623. The SMILES string of the molecule is N#CC1CCCc2nc(-c3ccccn3)ccc21. The Morgan fingerprint density at radius 3 is 2.89 bits per heavy atom. The number of hydrogen-bond donors (Lipinski definition) is 0. The highest BCUT2D eigenvalue weighted by molar-refractivity contribution is 5.55. The summed E-state index contributed by atoms with van der Waals surface area (Å²) < 4.78 is 0. The van der Waals surface area contributed by atoms with Gasteiger partial charge < -0.3 is 0 Å². The van der Waals surface area contributed by atoms with Crippen LogP contribution in [0.25, 0.3) is 11.4 Å². The first-order valence-electron chi connectivity index (χ1n) is 6.19. The Balaban J connectivity index is 2.04. The molecule has 1 atom stereocenters. The molecule has 2 heterocycles. The molecule has 1 unspecified atom stereocenters. The molecule has 0 aliphatic heterocycles. The fourth-order valence-corrected chi connectivity index (χ4v) is 2.45. The Morgan fingerprint density at radius 1 is 1.17 bits per heavy atom. The lowest BCUT2D eigenvalue weighted by Crippen LogP contribution is -2.10. The fraction of sp³-hybridized carbons (Fsp3) is 0.267. The highest BCUT2D eigenvalue weighted by atomic mass is 14.8. The number of aromatic nitrogens is 2. The summed E-state index contributed by atoms with van der Waals surface area (Å²) in [4.78, 5) is 8.98. The van der Waals surface area contributed by atoms with E-state index < -0.39 is 0 Å². The Labute approximate surface area is 106 Å². The van der Waals surface area contributed by atoms with Gasteiger partial charge in [0.2, 0.25) is 0 Å². The predicted molar refractivity (Wildman–Crippen MR) is 68.8 cm³/mol. The fourth-order valence-electron chi connectivity index (χ4n) is 2.45. The third-order valence-electron chi connectivity index (χ3n) is 3.37. The van der Waals surface area contributed by atoms with Crippen LogP contribution in [0.15, 0.2) is 36.5 Å². The first-order chi connectivity index (χ1) is 8.88. The number of hydrogen-bond acceptors (Lipinski definition) is 3. The van der Waals surface area contributed by atoms with Gasteiger partial charge in [-0.25, -0.2) is 0 Å². The standard InChI is InChI=1S/C15H13N3/c16-10-11-4-3-6-13-12(11)7-8-15(18-13)14-5-1-2-9-17-14/h1-2,5,7-9,11H,3-4,6H2. The van der Waals surface area contributed by atoms with Gasteiger partial charge in [0.05, 0.1) is 23.4 Å². The van der Waals surface area contributed by atoms with Crippen molar-refractivity contribution in [2.24, 2.45) is 0 Å². The second-order valence-electron chi connectivity index (χ2n) is 4.52. The number of pyridine rings is 2. The smallest absolute Gasteiger partial charge is 0.0889 e. The topological polar surface area (TPSA) is 49.6 Å². The number of nitrogens with zero attached hydrogens (tertiary/aromatic N) is 3. The normalized spacial score (nSPS) is 17.8. The van der Waals surface area contributed by atoms with Crippen molar-refractivity contribution in [3.63, 3.8) is 0 Å². The van der Waals surface area contributed by atoms with E-state index >= 15 is 0 Å². The Morgan fingerprint density at radius 2 is 2.11 bits per heavy atom. The summed E-state index contributed by atoms with van der Waals surface area (Å²) in [6, 6.07) is 12.2. The van der Waals surface area contributed by atoms with Crippen molar-refractivity contribution in [1.82, 2.24) is 9.97 Å². The van der Waals surface area contributed by atoms with Gasteiger partial charge in [0.1, 0.15) is 0 Å². The van der Waals surface area contributed by atoms with Crippen molar-refractivity contribution in [1.29, 1.82) is 5.26 Å². The van der Waals surface area contributed by atoms with Crippen molar-refractivity contribution in [3.05, 3.63) is 47.8 Å². The van der Waals surface area contributed by atoms with Gasteiger partial charge in [0.25, 0.3) is 0 Å². The summed E-state index contributed by atoms with van der Waals surface area (Å²) in [5.74, 6) is 0.0130. The van der Waals surface area contributed by atoms with E-state index in [1.54, 1.807) is 6.20 Å². The summed E-state index contributed by atoms with van der Waals surface area (Å²) in [5.41, 5.74) is 3.95. The van der Waals surface area contributed by atoms with Crippen LogP contribution in [0.2, 0.25) is 0 Å². The molecule has 0 bridgehead atoms. The van der Waals surface area contributed by atoms with Gasteiger partial charge >= 0.3 is 0 Å². The molecule has 2 aromatic heterocycles. The molecule has 0 fully saturated rings. The minimum absolute atomic E-state index is 0.0130. The Bertz CT molecular complexity index is 599. The molecule has 3 nitrogen and oxygen atoms in total. The van der Waals surface area contributed by atoms with Crippen LogP contribution in [0.1, 0.15) is 30.0 Å². The predicted octanol–water partition coefficient (Wildman–Crippen LogP) is 3.09. The third kappa shape index (κ3) is 1.86. The van der Waals surface area contributed by atoms with Crippen LogP contribution >= 0.6 is 0 Å². The molecule has 0 saturated carbocycles. The van der Waals surface area contributed by atoms with E-state index in [1.807, 2.05) is 30.3 Å². The maximum atomic E-state index is 9.13. The summed E-state index contributed by atoms with van der Waals surface area (Å²) >= 11 is 0. The van der Waals surface area contributed by atoms with Gasteiger partial charge in [-0.15, -0.1) is 0 Å². The van der Waals surface area contributed by atoms with Gasteiger partial charge in [0.15, 0.2) is 0 Å². The van der Waals surface area contributed by atoms with Gasteiger partial charge in [-0.1, -0.05) is 12.1 Å². The number of fused-ring (bicyclic) bond motifs is 1. The van der Waals surface area contributed by atoms with Crippen LogP contribution in [0, 0.1) is 11.3 Å². The van der Waals surface area contributed by atoms with Crippen LogP contribution in [0.5, 0.6) is 0 Å². The molecule has 0 spiro atoms. The monoisotopic (exact) mass is 235 g/mol. The summed E-state index contributed by atoms with van der Waals surface area (Å²) in [6.45, 7) is 0. The highest BCUT2D eigenvalue weighted by Gasteiger charge is 2.21. The van der Waals surface area contributed by atoms with Crippen LogP contribution < -0.4 is 0 Å². The van der Waals surface area contributed by atoms with E-state index in [0.29, 0.717) is 0 Å². The average molecular weight is 235 g/mol. The number of rotatable bonds is 1. The minimum Gasteiger partial charge on any atom is -0.255 e. The van der Waals surface area contributed by atoms with Crippen LogP contribution in [0.3, 0.4) is 0 Å². The van der Waals surface area contributed by atoms with Gasteiger partial charge in [-0.05, 0) is 43.0 Å². The minimum atomic E-state index is 0.0130. The zero-order chi connectivity index (χ0) is 12.4. The first-order valence-corrected chi connectivity index (χ1v) is 6.19. The van der Waals surface area contributed by atoms with Crippen LogP contribution in [-0.2, 0) is 6.42 Å². The van der Waals surface area contributed by atoms with Crippen molar-refractivity contribution in [2.75, 3.05) is 0 Å². The summed E-state index contributed by atoms with van der Waals surface area (Å²) in [5, 5.41) is 9.13. The molecule has 2 aromatic rings. The lowest BCUT2D eigenvalue weighted by Gasteiger charge is -2.19. The zero-order valence-electron chi connectivity index (χ0n) is 10.0. The van der Waals surface area contributed by atoms with Crippen LogP contribution in [0.4, 0.5) is 0 Å². The van der Waals surface area contributed by atoms with E-state index in [0.717, 1.165) is 41.9 Å². The van der Waals surface area contributed by atoms with Crippen molar-refractivity contribution in [3.8, 4) is 17.5 Å². The molecule has 88 valence electrons. The highest BCUT2D eigenvalue weighted by Crippen LogP contribution is 2.31. The Hall–Kier alpha value is -2.21. The molecule has 18 heavy (non-hydrogen) atoms. The summed E-state index contributed by atoms with van der Waals surface area (Å²) in [7, 11) is 0. The molecule has 3 rings (SSSR count). The number of aryl methyl sites for hydroxylation is 1. The van der Waals surface area contributed by atoms with Crippen molar-refractivity contribution >= 4 is 0 Å². The van der Waals surface area contributed by atoms with E-state index in [4.69, 9.17) is 5.26 Å². The maximum absolute atomic E-state index is 9.13. The number of nitriles is 1. The first kappa shape index (κ1) is 10.9. The third-order valence-corrected chi connectivity index (χ3v) is 3.37. The van der Waals surface area contributed by atoms with Crippen molar-refractivity contribution in [2.45, 2.75) is 25.2 Å². The lowest BCUT2D eigenvalue weighted by atomic mass is 9.86. The quantitative estimate of drug-likeness (QED) is 0.763. The van der Waals surface area contributed by atoms with Crippen molar-refractivity contribution < 1.29 is 0 Å². The summed E-state index contributed by atoms with van der Waals surface area (Å²) in [6.07, 6.45) is 4.74. The van der Waals surface area contributed by atoms with E-state index in [-0.39, 0.29) is 5.92 Å². The molecule has 0 amide bonds. The molecule has 0 aromatic carbocycles. The van der Waals surface area contributed by atoms with Gasteiger partial charge in [-0.2, -0.15) is 5.26 Å². The second kappa shape index (κ2) is 4.58. The molecular formula is C15H13N3. The van der Waals surface area contributed by atoms with E-state index in [1.165, 1.54) is 0 Å². The largest absolute Gasteiger partial charge is 0.255 e. The molecule has 1 aliphatic carbocycles. The van der Waals surface area contributed by atoms with Gasteiger partial charge in [-0.3, -0.25) is 9.97 Å². The van der Waals surface area contributed by atoms with Crippen LogP contribution in [-0.4, -0.2) is 9.97 Å². The molecule has 0 radical (unpaired) electrons. The molecular weight excluding hydrogens is 222 g/mol. The van der Waals surface area contributed by atoms with E-state index in [9.17, 15) is 0 Å². The molecule has 3 heteroatoms. The average Bonchev–Trinajstić information content (AvgIpc) is 2.47. The molecule has 0 saturated heterocycles. The second-order valence-corrected chi connectivity index (χ2v) is 4.52. The molecule has 1 aliphatic rings.